The van der Waals surface area contributed by atoms with Crippen molar-refractivity contribution in [1.29, 1.82) is 0 Å². The Hall–Kier alpha value is -0.450. The SMILES string of the molecule is OC(CC1CCOC1)c1sccc1F. The van der Waals surface area contributed by atoms with E-state index in [1.165, 1.54) is 17.4 Å². The van der Waals surface area contributed by atoms with Gasteiger partial charge < -0.3 is 9.84 Å². The van der Waals surface area contributed by atoms with Crippen molar-refractivity contribution >= 4 is 11.3 Å². The molecule has 0 radical (unpaired) electrons. The molecule has 1 saturated heterocycles. The summed E-state index contributed by atoms with van der Waals surface area (Å²) in [5.41, 5.74) is 0. The molecule has 2 unspecified atom stereocenters. The van der Waals surface area contributed by atoms with Crippen LogP contribution >= 0.6 is 11.3 Å². The van der Waals surface area contributed by atoms with Crippen LogP contribution in [0.25, 0.3) is 0 Å². The molecule has 1 fully saturated rings. The lowest BCUT2D eigenvalue weighted by Gasteiger charge is -2.12. The molecule has 78 valence electrons. The standard InChI is InChI=1S/C10H13FO2S/c11-8-2-4-14-10(8)9(12)5-7-1-3-13-6-7/h2,4,7,9,12H,1,3,5-6H2. The van der Waals surface area contributed by atoms with Crippen molar-refractivity contribution in [2.75, 3.05) is 13.2 Å². The zero-order valence-corrected chi connectivity index (χ0v) is 8.60. The second-order valence-corrected chi connectivity index (χ2v) is 4.56. The molecular weight excluding hydrogens is 203 g/mol. The predicted molar refractivity (Wildman–Crippen MR) is 52.8 cm³/mol. The summed E-state index contributed by atoms with van der Waals surface area (Å²) >= 11 is 1.28. The number of rotatable bonds is 3. The van der Waals surface area contributed by atoms with Crippen LogP contribution in [0.15, 0.2) is 11.4 Å². The lowest BCUT2D eigenvalue weighted by atomic mass is 10.00. The number of ether oxygens (including phenoxy) is 1. The molecule has 0 aliphatic carbocycles. The number of aliphatic hydroxyl groups excluding tert-OH is 1. The molecule has 1 N–H and O–H groups in total. The van der Waals surface area contributed by atoms with Crippen molar-refractivity contribution in [2.24, 2.45) is 5.92 Å². The highest BCUT2D eigenvalue weighted by molar-refractivity contribution is 7.10. The first-order valence-corrected chi connectivity index (χ1v) is 5.64. The Labute approximate surface area is 86.3 Å². The maximum Gasteiger partial charge on any atom is 0.139 e. The summed E-state index contributed by atoms with van der Waals surface area (Å²) in [5.74, 6) is 0.0907. The smallest absolute Gasteiger partial charge is 0.139 e. The first-order valence-electron chi connectivity index (χ1n) is 4.76. The largest absolute Gasteiger partial charge is 0.387 e. The van der Waals surface area contributed by atoms with Crippen molar-refractivity contribution in [3.63, 3.8) is 0 Å². The average Bonchev–Trinajstić information content (AvgIpc) is 2.75. The van der Waals surface area contributed by atoms with Gasteiger partial charge in [0.05, 0.1) is 11.0 Å². The number of aliphatic hydroxyl groups is 1. The van der Waals surface area contributed by atoms with Crippen LogP contribution in [0.5, 0.6) is 0 Å². The summed E-state index contributed by atoms with van der Waals surface area (Å²) in [6.07, 6.45) is 0.920. The lowest BCUT2D eigenvalue weighted by Crippen LogP contribution is -2.07. The van der Waals surface area contributed by atoms with Crippen LogP contribution < -0.4 is 0 Å². The number of hydrogen-bond donors (Lipinski definition) is 1. The van der Waals surface area contributed by atoms with Crippen molar-refractivity contribution in [3.05, 3.63) is 22.1 Å². The van der Waals surface area contributed by atoms with Gasteiger partial charge in [0.15, 0.2) is 0 Å². The second-order valence-electron chi connectivity index (χ2n) is 3.61. The Morgan fingerprint density at radius 2 is 2.57 bits per heavy atom. The van der Waals surface area contributed by atoms with Crippen molar-refractivity contribution in [2.45, 2.75) is 18.9 Å². The van der Waals surface area contributed by atoms with Crippen LogP contribution in [0.1, 0.15) is 23.8 Å². The highest BCUT2D eigenvalue weighted by atomic mass is 32.1. The van der Waals surface area contributed by atoms with E-state index in [-0.39, 0.29) is 5.82 Å². The molecule has 1 aliphatic heterocycles. The van der Waals surface area contributed by atoms with Crippen LogP contribution in [0.3, 0.4) is 0 Å². The minimum absolute atomic E-state index is 0.290. The number of halogens is 1. The maximum atomic E-state index is 13.1. The number of thiophene rings is 1. The fourth-order valence-electron chi connectivity index (χ4n) is 1.74. The summed E-state index contributed by atoms with van der Waals surface area (Å²) in [4.78, 5) is 0.455. The van der Waals surface area contributed by atoms with E-state index in [0.717, 1.165) is 13.0 Å². The molecule has 1 aliphatic rings. The van der Waals surface area contributed by atoms with E-state index in [2.05, 4.69) is 0 Å². The summed E-state index contributed by atoms with van der Waals surface area (Å²) in [6.45, 7) is 1.47. The minimum atomic E-state index is -0.665. The van der Waals surface area contributed by atoms with Crippen molar-refractivity contribution in [1.82, 2.24) is 0 Å². The molecule has 4 heteroatoms. The summed E-state index contributed by atoms with van der Waals surface area (Å²) < 4.78 is 18.3. The molecule has 0 amide bonds. The highest BCUT2D eigenvalue weighted by Crippen LogP contribution is 2.30. The molecule has 2 heterocycles. The summed E-state index contributed by atoms with van der Waals surface area (Å²) in [5, 5.41) is 11.4. The molecule has 0 spiro atoms. The monoisotopic (exact) mass is 216 g/mol. The molecular formula is C10H13FO2S. The van der Waals surface area contributed by atoms with Gasteiger partial charge in [-0.1, -0.05) is 0 Å². The molecule has 0 saturated carbocycles. The third-order valence-corrected chi connectivity index (χ3v) is 3.52. The first kappa shape index (κ1) is 10.1. The highest BCUT2D eigenvalue weighted by Gasteiger charge is 2.22. The quantitative estimate of drug-likeness (QED) is 0.840. The van der Waals surface area contributed by atoms with E-state index >= 15 is 0 Å². The van der Waals surface area contributed by atoms with E-state index in [1.807, 2.05) is 0 Å². The van der Waals surface area contributed by atoms with Crippen molar-refractivity contribution < 1.29 is 14.2 Å². The first-order chi connectivity index (χ1) is 6.77. The maximum absolute atomic E-state index is 13.1. The van der Waals surface area contributed by atoms with Gasteiger partial charge in [0.2, 0.25) is 0 Å². The average molecular weight is 216 g/mol. The van der Waals surface area contributed by atoms with E-state index in [4.69, 9.17) is 4.74 Å². The molecule has 0 bridgehead atoms. The van der Waals surface area contributed by atoms with Gasteiger partial charge in [0, 0.05) is 13.2 Å². The Morgan fingerprint density at radius 1 is 1.71 bits per heavy atom. The zero-order chi connectivity index (χ0) is 9.97. The van der Waals surface area contributed by atoms with Crippen LogP contribution in [-0.2, 0) is 4.74 Å². The van der Waals surface area contributed by atoms with Crippen LogP contribution in [0.2, 0.25) is 0 Å². The van der Waals surface area contributed by atoms with Gasteiger partial charge in [-0.05, 0) is 30.2 Å². The van der Waals surface area contributed by atoms with Gasteiger partial charge in [-0.25, -0.2) is 4.39 Å². The minimum Gasteiger partial charge on any atom is -0.387 e. The molecule has 0 aromatic carbocycles. The lowest BCUT2D eigenvalue weighted by molar-refractivity contribution is 0.129. The summed E-state index contributed by atoms with van der Waals surface area (Å²) in [6, 6.07) is 1.40. The Balaban J connectivity index is 1.95. The van der Waals surface area contributed by atoms with E-state index in [0.29, 0.717) is 23.8 Å². The van der Waals surface area contributed by atoms with Gasteiger partial charge in [0.25, 0.3) is 0 Å². The van der Waals surface area contributed by atoms with Crippen LogP contribution in [0.4, 0.5) is 4.39 Å². The predicted octanol–water partition coefficient (Wildman–Crippen LogP) is 2.35. The van der Waals surface area contributed by atoms with E-state index in [9.17, 15) is 9.50 Å². The third kappa shape index (κ3) is 2.13. The second kappa shape index (κ2) is 4.38. The van der Waals surface area contributed by atoms with E-state index < -0.39 is 6.10 Å². The molecule has 1 aromatic rings. The Bertz CT molecular complexity index is 294. The fourth-order valence-corrected chi connectivity index (χ4v) is 2.50. The molecule has 2 atom stereocenters. The third-order valence-electron chi connectivity index (χ3n) is 2.53. The van der Waals surface area contributed by atoms with Gasteiger partial charge in [0.1, 0.15) is 5.82 Å². The van der Waals surface area contributed by atoms with Gasteiger partial charge in [-0.3, -0.25) is 0 Å². The summed E-state index contributed by atoms with van der Waals surface area (Å²) in [7, 11) is 0. The molecule has 2 rings (SSSR count). The van der Waals surface area contributed by atoms with Crippen LogP contribution in [0, 0.1) is 11.7 Å². The van der Waals surface area contributed by atoms with Crippen molar-refractivity contribution in [3.8, 4) is 0 Å². The zero-order valence-electron chi connectivity index (χ0n) is 7.78. The molecule has 14 heavy (non-hydrogen) atoms. The fraction of sp³-hybridized carbons (Fsp3) is 0.600. The Morgan fingerprint density at radius 3 is 3.14 bits per heavy atom. The van der Waals surface area contributed by atoms with Gasteiger partial charge in [-0.2, -0.15) is 0 Å². The van der Waals surface area contributed by atoms with Gasteiger partial charge in [-0.15, -0.1) is 11.3 Å². The Kier molecular flexibility index (Phi) is 3.15. The molecule has 1 aromatic heterocycles. The topological polar surface area (TPSA) is 29.5 Å². The number of hydrogen-bond acceptors (Lipinski definition) is 3. The normalized spacial score (nSPS) is 24.0. The molecule has 2 nitrogen and oxygen atoms in total. The van der Waals surface area contributed by atoms with Crippen LogP contribution in [-0.4, -0.2) is 18.3 Å². The van der Waals surface area contributed by atoms with Gasteiger partial charge >= 0.3 is 0 Å². The van der Waals surface area contributed by atoms with E-state index in [1.54, 1.807) is 5.38 Å².